The fourth-order valence-electron chi connectivity index (χ4n) is 1.86. The molecule has 1 N–H and O–H groups in total. The maximum absolute atomic E-state index is 12.9. The Morgan fingerprint density at radius 3 is 2.20 bits per heavy atom. The molecule has 0 aliphatic heterocycles. The molecule has 0 spiro atoms. The van der Waals surface area contributed by atoms with E-state index in [4.69, 9.17) is 11.6 Å². The van der Waals surface area contributed by atoms with Crippen LogP contribution in [0.15, 0.2) is 48.5 Å². The van der Waals surface area contributed by atoms with Crippen LogP contribution in [0.3, 0.4) is 0 Å². The number of alkyl halides is 4. The molecule has 2 rings (SSSR count). The minimum atomic E-state index is -4.37. The monoisotopic (exact) mass is 299 g/mol. The summed E-state index contributed by atoms with van der Waals surface area (Å²) in [5.74, 6) is 0.518. The molecule has 2 aromatic carbocycles. The lowest BCUT2D eigenvalue weighted by Crippen LogP contribution is -2.08. The van der Waals surface area contributed by atoms with E-state index in [1.54, 1.807) is 18.2 Å². The summed E-state index contributed by atoms with van der Waals surface area (Å²) in [6.45, 7) is 0. The van der Waals surface area contributed by atoms with E-state index in [0.717, 1.165) is 18.1 Å². The van der Waals surface area contributed by atoms with E-state index in [-0.39, 0.29) is 5.69 Å². The summed E-state index contributed by atoms with van der Waals surface area (Å²) in [7, 11) is 0. The van der Waals surface area contributed by atoms with Crippen LogP contribution in [0.2, 0.25) is 0 Å². The van der Waals surface area contributed by atoms with Gasteiger partial charge >= 0.3 is 6.18 Å². The van der Waals surface area contributed by atoms with E-state index >= 15 is 0 Å². The van der Waals surface area contributed by atoms with E-state index in [0.29, 0.717) is 11.6 Å². The van der Waals surface area contributed by atoms with Gasteiger partial charge in [-0.25, -0.2) is 0 Å². The Hall–Kier alpha value is -1.68. The second-order valence-corrected chi connectivity index (χ2v) is 4.68. The van der Waals surface area contributed by atoms with Crippen molar-refractivity contribution in [3.63, 3.8) is 0 Å². The van der Waals surface area contributed by atoms with Crippen LogP contribution in [0.4, 0.5) is 24.5 Å². The summed E-state index contributed by atoms with van der Waals surface area (Å²) in [6, 6.07) is 12.6. The van der Waals surface area contributed by atoms with Gasteiger partial charge in [-0.15, -0.1) is 11.6 Å². The zero-order chi connectivity index (χ0) is 14.6. The van der Waals surface area contributed by atoms with Crippen molar-refractivity contribution in [2.45, 2.75) is 12.6 Å². The van der Waals surface area contributed by atoms with Crippen LogP contribution in [0.5, 0.6) is 0 Å². The van der Waals surface area contributed by atoms with Gasteiger partial charge < -0.3 is 5.32 Å². The molecule has 0 unspecified atom stereocenters. The van der Waals surface area contributed by atoms with Crippen LogP contribution in [-0.2, 0) is 12.6 Å². The molecule has 0 heterocycles. The van der Waals surface area contributed by atoms with Crippen LogP contribution >= 0.6 is 11.6 Å². The minimum Gasteiger partial charge on any atom is -0.355 e. The molecule has 0 fully saturated rings. The maximum atomic E-state index is 12.9. The predicted octanol–water partition coefficient (Wildman–Crippen LogP) is 5.23. The van der Waals surface area contributed by atoms with Crippen LogP contribution in [0, 0.1) is 0 Å². The lowest BCUT2D eigenvalue weighted by molar-refractivity contribution is -0.136. The molecule has 106 valence electrons. The van der Waals surface area contributed by atoms with Crippen LogP contribution in [0.25, 0.3) is 0 Å². The highest BCUT2D eigenvalue weighted by Gasteiger charge is 2.33. The molecule has 0 atom stereocenters. The van der Waals surface area contributed by atoms with Crippen molar-refractivity contribution in [3.05, 3.63) is 59.7 Å². The Labute approximate surface area is 120 Å². The lowest BCUT2D eigenvalue weighted by atomic mass is 10.1. The minimum absolute atomic E-state index is 0.0464. The van der Waals surface area contributed by atoms with Gasteiger partial charge in [0.1, 0.15) is 0 Å². The molecule has 20 heavy (non-hydrogen) atoms. The number of nitrogens with one attached hydrogen (secondary N) is 1. The fourth-order valence-corrected chi connectivity index (χ4v) is 2.08. The topological polar surface area (TPSA) is 12.0 Å². The third-order valence-electron chi connectivity index (χ3n) is 2.85. The van der Waals surface area contributed by atoms with Crippen molar-refractivity contribution in [2.75, 3.05) is 11.2 Å². The van der Waals surface area contributed by atoms with E-state index < -0.39 is 11.7 Å². The smallest absolute Gasteiger partial charge is 0.355 e. The summed E-state index contributed by atoms with van der Waals surface area (Å²) < 4.78 is 38.6. The number of anilines is 2. The molecule has 0 aromatic heterocycles. The summed E-state index contributed by atoms with van der Waals surface area (Å²) in [6.07, 6.45) is -3.64. The van der Waals surface area contributed by atoms with Crippen molar-refractivity contribution >= 4 is 23.0 Å². The fraction of sp³-hybridized carbons (Fsp3) is 0.200. The van der Waals surface area contributed by atoms with Gasteiger partial charge in [0, 0.05) is 11.6 Å². The molecule has 0 bridgehead atoms. The van der Waals surface area contributed by atoms with Gasteiger partial charge in [-0.2, -0.15) is 13.2 Å². The largest absolute Gasteiger partial charge is 0.418 e. The molecule has 0 aliphatic carbocycles. The third kappa shape index (κ3) is 3.67. The molecule has 2 aromatic rings. The first-order chi connectivity index (χ1) is 9.50. The van der Waals surface area contributed by atoms with E-state index in [9.17, 15) is 13.2 Å². The van der Waals surface area contributed by atoms with Gasteiger partial charge in [0.15, 0.2) is 0 Å². The third-order valence-corrected chi connectivity index (χ3v) is 3.04. The quantitative estimate of drug-likeness (QED) is 0.762. The molecule has 1 nitrogen and oxygen atoms in total. The second-order valence-electron chi connectivity index (χ2n) is 4.30. The molecular formula is C15H13ClF3N. The maximum Gasteiger partial charge on any atom is 0.418 e. The Balaban J connectivity index is 2.22. The molecule has 0 saturated heterocycles. The lowest BCUT2D eigenvalue weighted by Gasteiger charge is -2.14. The van der Waals surface area contributed by atoms with Crippen molar-refractivity contribution in [3.8, 4) is 0 Å². The number of para-hydroxylation sites is 1. The zero-order valence-corrected chi connectivity index (χ0v) is 11.3. The van der Waals surface area contributed by atoms with E-state index in [1.807, 2.05) is 12.1 Å². The summed E-state index contributed by atoms with van der Waals surface area (Å²) in [5.41, 5.74) is 1.03. The first-order valence-corrected chi connectivity index (χ1v) is 6.62. The molecule has 0 aliphatic rings. The van der Waals surface area contributed by atoms with Crippen LogP contribution in [-0.4, -0.2) is 5.88 Å². The van der Waals surface area contributed by atoms with Crippen LogP contribution in [0.1, 0.15) is 11.1 Å². The first-order valence-electron chi connectivity index (χ1n) is 6.09. The average Bonchev–Trinajstić information content (AvgIpc) is 2.41. The van der Waals surface area contributed by atoms with Crippen molar-refractivity contribution in [1.82, 2.24) is 0 Å². The number of rotatable bonds is 4. The van der Waals surface area contributed by atoms with E-state index in [2.05, 4.69) is 5.32 Å². The number of halogens is 4. The summed E-state index contributed by atoms with van der Waals surface area (Å²) >= 11 is 5.64. The predicted molar refractivity (Wildman–Crippen MR) is 75.6 cm³/mol. The van der Waals surface area contributed by atoms with Gasteiger partial charge in [0.05, 0.1) is 11.3 Å². The first kappa shape index (κ1) is 14.7. The standard InChI is InChI=1S/C15H13ClF3N/c16-10-9-11-5-7-12(8-6-11)20-14-4-2-1-3-13(14)15(17,18)19/h1-8,20H,9-10H2. The van der Waals surface area contributed by atoms with Crippen molar-refractivity contribution < 1.29 is 13.2 Å². The molecule has 0 radical (unpaired) electrons. The molecular weight excluding hydrogens is 287 g/mol. The summed E-state index contributed by atoms with van der Waals surface area (Å²) in [5, 5.41) is 2.80. The highest BCUT2D eigenvalue weighted by Crippen LogP contribution is 2.35. The number of aryl methyl sites for hydroxylation is 1. The number of benzene rings is 2. The summed E-state index contributed by atoms with van der Waals surface area (Å²) in [4.78, 5) is 0. The molecule has 0 saturated carbocycles. The Kier molecular flexibility index (Phi) is 4.55. The van der Waals surface area contributed by atoms with Gasteiger partial charge in [0.2, 0.25) is 0 Å². The molecule has 0 amide bonds. The highest BCUT2D eigenvalue weighted by atomic mass is 35.5. The Bertz CT molecular complexity index is 564. The zero-order valence-electron chi connectivity index (χ0n) is 10.5. The van der Waals surface area contributed by atoms with Crippen molar-refractivity contribution in [2.24, 2.45) is 0 Å². The van der Waals surface area contributed by atoms with Gasteiger partial charge in [-0.1, -0.05) is 24.3 Å². The molecule has 5 heteroatoms. The SMILES string of the molecule is FC(F)(F)c1ccccc1Nc1ccc(CCCl)cc1. The highest BCUT2D eigenvalue weighted by molar-refractivity contribution is 6.17. The normalized spacial score (nSPS) is 11.4. The van der Waals surface area contributed by atoms with Crippen molar-refractivity contribution in [1.29, 1.82) is 0 Å². The van der Waals surface area contributed by atoms with Gasteiger partial charge in [0.25, 0.3) is 0 Å². The van der Waals surface area contributed by atoms with Gasteiger partial charge in [-0.05, 0) is 36.2 Å². The second kappa shape index (κ2) is 6.18. The Morgan fingerprint density at radius 1 is 0.950 bits per heavy atom. The Morgan fingerprint density at radius 2 is 1.60 bits per heavy atom. The van der Waals surface area contributed by atoms with E-state index in [1.165, 1.54) is 12.1 Å². The number of hydrogen-bond donors (Lipinski definition) is 1. The number of hydrogen-bond acceptors (Lipinski definition) is 1. The average molecular weight is 300 g/mol. The van der Waals surface area contributed by atoms with Gasteiger partial charge in [-0.3, -0.25) is 0 Å². The van der Waals surface area contributed by atoms with Crippen LogP contribution < -0.4 is 5.32 Å².